The Morgan fingerprint density at radius 3 is 2.36 bits per heavy atom. The Balaban J connectivity index is 1.80. The summed E-state index contributed by atoms with van der Waals surface area (Å²) < 4.78 is 0. The van der Waals surface area contributed by atoms with Crippen LogP contribution in [0.2, 0.25) is 0 Å². The maximum Gasteiger partial charge on any atom is 0.262 e. The molecule has 3 aliphatic heterocycles. The average molecular weight is 290 g/mol. The van der Waals surface area contributed by atoms with E-state index in [2.05, 4.69) is 4.90 Å². The van der Waals surface area contributed by atoms with E-state index in [1.54, 1.807) is 0 Å². The van der Waals surface area contributed by atoms with E-state index in [0.717, 1.165) is 29.9 Å². The highest BCUT2D eigenvalue weighted by Gasteiger charge is 2.52. The van der Waals surface area contributed by atoms with Crippen molar-refractivity contribution in [1.29, 1.82) is 0 Å². The molecular weight excluding hydrogens is 276 g/mol. The van der Waals surface area contributed by atoms with Crippen LogP contribution in [0.25, 0.3) is 0 Å². The summed E-state index contributed by atoms with van der Waals surface area (Å²) in [6.07, 6.45) is 0.639. The van der Waals surface area contributed by atoms with Crippen LogP contribution in [-0.2, 0) is 0 Å². The molecule has 1 fully saturated rings. The van der Waals surface area contributed by atoms with Crippen LogP contribution < -0.4 is 9.80 Å². The number of ketones is 1. The van der Waals surface area contributed by atoms with Gasteiger partial charge in [-0.05, 0) is 30.7 Å². The van der Waals surface area contributed by atoms with E-state index >= 15 is 0 Å². The fourth-order valence-electron chi connectivity index (χ4n) is 4.12. The summed E-state index contributed by atoms with van der Waals surface area (Å²) in [6.45, 7) is 0.815. The van der Waals surface area contributed by atoms with Crippen LogP contribution in [0.4, 0.5) is 11.4 Å². The van der Waals surface area contributed by atoms with Crippen LogP contribution >= 0.6 is 0 Å². The molecule has 4 nitrogen and oxygen atoms in total. The van der Waals surface area contributed by atoms with E-state index in [4.69, 9.17) is 0 Å². The van der Waals surface area contributed by atoms with E-state index in [1.165, 1.54) is 0 Å². The molecule has 1 saturated heterocycles. The largest absolute Gasteiger partial charge is 0.349 e. The highest BCUT2D eigenvalue weighted by atomic mass is 16.2. The number of hydrogen-bond acceptors (Lipinski definition) is 3. The topological polar surface area (TPSA) is 40.6 Å². The molecule has 1 amide bonds. The van der Waals surface area contributed by atoms with Crippen molar-refractivity contribution in [3.8, 4) is 0 Å². The van der Waals surface area contributed by atoms with Gasteiger partial charge in [0.1, 0.15) is 6.17 Å². The average Bonchev–Trinajstić information content (AvgIpc) is 3.00. The van der Waals surface area contributed by atoms with Gasteiger partial charge in [-0.25, -0.2) is 0 Å². The van der Waals surface area contributed by atoms with Crippen LogP contribution in [0.15, 0.2) is 48.5 Å². The predicted octanol–water partition coefficient (Wildman–Crippen LogP) is 2.70. The van der Waals surface area contributed by atoms with Crippen LogP contribution in [-0.4, -0.2) is 24.4 Å². The number of fused-ring (bicyclic) bond motifs is 4. The molecule has 0 radical (unpaired) electrons. The van der Waals surface area contributed by atoms with Gasteiger partial charge in [-0.15, -0.1) is 0 Å². The molecule has 3 heterocycles. The second-order valence-corrected chi connectivity index (χ2v) is 6.08. The van der Waals surface area contributed by atoms with Crippen LogP contribution in [0.1, 0.15) is 27.1 Å². The molecule has 2 atom stereocenters. The Hall–Kier alpha value is -2.62. The number of amides is 1. The van der Waals surface area contributed by atoms with Gasteiger partial charge in [0.15, 0.2) is 5.78 Å². The number of hydrogen-bond donors (Lipinski definition) is 0. The van der Waals surface area contributed by atoms with E-state index in [-0.39, 0.29) is 23.8 Å². The van der Waals surface area contributed by atoms with Crippen LogP contribution in [0.3, 0.4) is 0 Å². The first kappa shape index (κ1) is 12.0. The SMILES string of the molecule is O=C1c2ccccc2N2C(=O)c3ccccc3N3CC[C@H]1[C@H]32. The Morgan fingerprint density at radius 2 is 1.55 bits per heavy atom. The van der Waals surface area contributed by atoms with E-state index in [0.29, 0.717) is 5.56 Å². The fraction of sp³-hybridized carbons (Fsp3) is 0.222. The minimum absolute atomic E-state index is 0.00343. The molecule has 0 aromatic heterocycles. The maximum atomic E-state index is 13.0. The number of rotatable bonds is 0. The van der Waals surface area contributed by atoms with Gasteiger partial charge in [-0.1, -0.05) is 24.3 Å². The molecule has 2 aromatic rings. The zero-order valence-corrected chi connectivity index (χ0v) is 11.9. The summed E-state index contributed by atoms with van der Waals surface area (Å²) >= 11 is 0. The minimum atomic E-state index is -0.162. The molecule has 5 rings (SSSR count). The van der Waals surface area contributed by atoms with Gasteiger partial charge >= 0.3 is 0 Å². The van der Waals surface area contributed by atoms with Gasteiger partial charge < -0.3 is 4.90 Å². The van der Waals surface area contributed by atoms with Crippen molar-refractivity contribution in [2.75, 3.05) is 16.3 Å². The molecule has 0 unspecified atom stereocenters. The molecule has 4 heteroatoms. The predicted molar refractivity (Wildman–Crippen MR) is 83.3 cm³/mol. The van der Waals surface area contributed by atoms with Crippen molar-refractivity contribution in [1.82, 2.24) is 0 Å². The lowest BCUT2D eigenvalue weighted by Crippen LogP contribution is -2.58. The molecule has 0 bridgehead atoms. The third-order valence-electron chi connectivity index (χ3n) is 5.05. The zero-order chi connectivity index (χ0) is 14.8. The van der Waals surface area contributed by atoms with Crippen LogP contribution in [0, 0.1) is 5.92 Å². The first-order chi connectivity index (χ1) is 10.8. The quantitative estimate of drug-likeness (QED) is 0.749. The van der Waals surface area contributed by atoms with Crippen molar-refractivity contribution in [3.05, 3.63) is 59.7 Å². The Labute approximate surface area is 128 Å². The number of para-hydroxylation sites is 2. The van der Waals surface area contributed by atoms with Crippen LogP contribution in [0.5, 0.6) is 0 Å². The van der Waals surface area contributed by atoms with Gasteiger partial charge in [0.25, 0.3) is 5.91 Å². The maximum absolute atomic E-state index is 13.0. The summed E-state index contributed by atoms with van der Waals surface area (Å²) in [5, 5.41) is 0. The zero-order valence-electron chi connectivity index (χ0n) is 11.9. The van der Waals surface area contributed by atoms with Crippen molar-refractivity contribution in [3.63, 3.8) is 0 Å². The van der Waals surface area contributed by atoms with Gasteiger partial charge in [-0.2, -0.15) is 0 Å². The number of Topliss-reactive ketones (excluding diaryl/α,β-unsaturated/α-hetero) is 1. The lowest BCUT2D eigenvalue weighted by molar-refractivity contribution is 0.0874. The number of carbonyl (C=O) groups excluding carboxylic acids is 2. The molecule has 0 aliphatic carbocycles. The number of benzene rings is 2. The van der Waals surface area contributed by atoms with Crippen molar-refractivity contribution in [2.24, 2.45) is 5.92 Å². The highest BCUT2D eigenvalue weighted by molar-refractivity contribution is 6.18. The van der Waals surface area contributed by atoms with Gasteiger partial charge in [-0.3, -0.25) is 14.5 Å². The van der Waals surface area contributed by atoms with Crippen molar-refractivity contribution >= 4 is 23.1 Å². The minimum Gasteiger partial charge on any atom is -0.349 e. The van der Waals surface area contributed by atoms with E-state index in [1.807, 2.05) is 53.4 Å². The fourth-order valence-corrected chi connectivity index (χ4v) is 4.12. The van der Waals surface area contributed by atoms with E-state index < -0.39 is 0 Å². The molecule has 3 aliphatic rings. The second-order valence-electron chi connectivity index (χ2n) is 6.08. The number of nitrogens with zero attached hydrogens (tertiary/aromatic N) is 2. The number of anilines is 2. The van der Waals surface area contributed by atoms with Crippen molar-refractivity contribution < 1.29 is 9.59 Å². The molecule has 0 N–H and O–H groups in total. The standard InChI is InChI=1S/C18H14N2O2/c21-16-11-5-1-4-8-15(11)20-17-13(16)9-10-19(17)14-7-3-2-6-12(14)18(20)22/h1-8,13,17H,9-10H2/t13-,17-/m1/s1. The van der Waals surface area contributed by atoms with Gasteiger partial charge in [0.2, 0.25) is 0 Å². The van der Waals surface area contributed by atoms with Crippen molar-refractivity contribution in [2.45, 2.75) is 12.6 Å². The Kier molecular flexibility index (Phi) is 2.16. The summed E-state index contributed by atoms with van der Waals surface area (Å²) in [5.74, 6) is 0.0578. The Morgan fingerprint density at radius 1 is 0.864 bits per heavy atom. The highest BCUT2D eigenvalue weighted by Crippen LogP contribution is 2.46. The van der Waals surface area contributed by atoms with Gasteiger partial charge in [0.05, 0.1) is 22.9 Å². The smallest absolute Gasteiger partial charge is 0.262 e. The number of carbonyl (C=O) groups is 2. The summed E-state index contributed by atoms with van der Waals surface area (Å²) in [5.41, 5.74) is 3.12. The Bertz CT molecular complexity index is 829. The van der Waals surface area contributed by atoms with Gasteiger partial charge in [0, 0.05) is 12.1 Å². The molecule has 2 aromatic carbocycles. The first-order valence-electron chi connectivity index (χ1n) is 7.60. The van der Waals surface area contributed by atoms with E-state index in [9.17, 15) is 9.59 Å². The first-order valence-corrected chi connectivity index (χ1v) is 7.60. The molecular formula is C18H14N2O2. The normalized spacial score (nSPS) is 24.9. The molecule has 108 valence electrons. The lowest BCUT2D eigenvalue weighted by Gasteiger charge is -2.46. The second kappa shape index (κ2) is 3.97. The summed E-state index contributed by atoms with van der Waals surface area (Å²) in [6, 6.07) is 15.2. The third-order valence-corrected chi connectivity index (χ3v) is 5.05. The molecule has 22 heavy (non-hydrogen) atoms. The third kappa shape index (κ3) is 1.28. The molecule has 0 saturated carbocycles. The summed E-state index contributed by atoms with van der Waals surface area (Å²) in [7, 11) is 0. The molecule has 0 spiro atoms. The summed E-state index contributed by atoms with van der Waals surface area (Å²) in [4.78, 5) is 29.9. The monoisotopic (exact) mass is 290 g/mol. The lowest BCUT2D eigenvalue weighted by atomic mass is 9.86.